The molecule has 2 N–H and O–H groups in total. The van der Waals surface area contributed by atoms with Gasteiger partial charge in [0.05, 0.1) is 19.8 Å². The minimum absolute atomic E-state index is 0.0876. The van der Waals surface area contributed by atoms with Crippen LogP contribution in [0.1, 0.15) is 17.2 Å². The third kappa shape index (κ3) is 1.61. The Morgan fingerprint density at radius 2 is 2.43 bits per heavy atom. The van der Waals surface area contributed by atoms with Gasteiger partial charge in [-0.25, -0.2) is 0 Å². The molecule has 0 amide bonds. The molecule has 1 atom stereocenters. The molecule has 3 nitrogen and oxygen atoms in total. The van der Waals surface area contributed by atoms with Crippen molar-refractivity contribution in [1.29, 1.82) is 0 Å². The summed E-state index contributed by atoms with van der Waals surface area (Å²) in [6.45, 7) is 1.07. The lowest BCUT2D eigenvalue weighted by Gasteiger charge is -2.25. The van der Waals surface area contributed by atoms with Gasteiger partial charge in [-0.2, -0.15) is 0 Å². The Balaban J connectivity index is 2.35. The highest BCUT2D eigenvalue weighted by Gasteiger charge is 2.18. The average Bonchev–Trinajstić information content (AvgIpc) is 2.27. The Kier molecular flexibility index (Phi) is 2.70. The molecule has 0 aromatic heterocycles. The van der Waals surface area contributed by atoms with Crippen molar-refractivity contribution in [3.63, 3.8) is 0 Å². The normalized spacial score (nSPS) is 20.3. The monoisotopic (exact) mass is 193 g/mol. The van der Waals surface area contributed by atoms with Crippen molar-refractivity contribution in [2.45, 2.75) is 12.5 Å². The van der Waals surface area contributed by atoms with Crippen molar-refractivity contribution in [1.82, 2.24) is 5.32 Å². The highest BCUT2D eigenvalue weighted by atomic mass is 16.5. The van der Waals surface area contributed by atoms with Gasteiger partial charge >= 0.3 is 0 Å². The average molecular weight is 193 g/mol. The molecule has 1 aliphatic heterocycles. The second-order valence-corrected chi connectivity index (χ2v) is 3.50. The van der Waals surface area contributed by atoms with Crippen molar-refractivity contribution >= 4 is 0 Å². The van der Waals surface area contributed by atoms with Gasteiger partial charge in [0, 0.05) is 0 Å². The van der Waals surface area contributed by atoms with Gasteiger partial charge in [-0.15, -0.1) is 0 Å². The first-order valence-corrected chi connectivity index (χ1v) is 4.86. The second kappa shape index (κ2) is 3.98. The van der Waals surface area contributed by atoms with E-state index < -0.39 is 0 Å². The summed E-state index contributed by atoms with van der Waals surface area (Å²) >= 11 is 0. The van der Waals surface area contributed by atoms with E-state index in [9.17, 15) is 5.11 Å². The maximum Gasteiger partial charge on any atom is 0.119 e. The SMILES string of the molecule is COc1ccc2c(c1)CCN[C@@H]2CO. The summed E-state index contributed by atoms with van der Waals surface area (Å²) in [5.41, 5.74) is 2.47. The largest absolute Gasteiger partial charge is 0.497 e. The van der Waals surface area contributed by atoms with Crippen LogP contribution in [0.5, 0.6) is 5.75 Å². The van der Waals surface area contributed by atoms with Crippen LogP contribution in [0.25, 0.3) is 0 Å². The molecule has 2 rings (SSSR count). The number of nitrogens with one attached hydrogen (secondary N) is 1. The summed E-state index contributed by atoms with van der Waals surface area (Å²) in [5, 5.41) is 12.4. The van der Waals surface area contributed by atoms with Gasteiger partial charge in [0.15, 0.2) is 0 Å². The highest BCUT2D eigenvalue weighted by Crippen LogP contribution is 2.26. The van der Waals surface area contributed by atoms with Crippen LogP contribution in [-0.4, -0.2) is 25.4 Å². The van der Waals surface area contributed by atoms with Crippen LogP contribution in [0.3, 0.4) is 0 Å². The Hall–Kier alpha value is -1.06. The number of ether oxygens (including phenoxy) is 1. The van der Waals surface area contributed by atoms with Gasteiger partial charge in [0.2, 0.25) is 0 Å². The van der Waals surface area contributed by atoms with Crippen LogP contribution in [0.4, 0.5) is 0 Å². The smallest absolute Gasteiger partial charge is 0.119 e. The van der Waals surface area contributed by atoms with Gasteiger partial charge in [0.1, 0.15) is 5.75 Å². The molecule has 1 aromatic rings. The number of aliphatic hydroxyl groups excluding tert-OH is 1. The van der Waals surface area contributed by atoms with Crippen LogP contribution in [0.15, 0.2) is 18.2 Å². The van der Waals surface area contributed by atoms with Gasteiger partial charge in [-0.1, -0.05) is 6.07 Å². The Morgan fingerprint density at radius 1 is 1.57 bits per heavy atom. The second-order valence-electron chi connectivity index (χ2n) is 3.50. The summed E-state index contributed by atoms with van der Waals surface area (Å²) < 4.78 is 5.17. The molecule has 1 aliphatic rings. The summed E-state index contributed by atoms with van der Waals surface area (Å²) in [6, 6.07) is 6.11. The molecule has 0 unspecified atom stereocenters. The molecule has 0 saturated heterocycles. The van der Waals surface area contributed by atoms with Crippen molar-refractivity contribution < 1.29 is 9.84 Å². The molecule has 14 heavy (non-hydrogen) atoms. The summed E-state index contributed by atoms with van der Waals surface area (Å²) in [7, 11) is 1.67. The highest BCUT2D eigenvalue weighted by molar-refractivity contribution is 5.39. The molecule has 0 radical (unpaired) electrons. The standard InChI is InChI=1S/C11H15NO2/c1-14-9-2-3-10-8(6-9)4-5-12-11(10)7-13/h2-3,6,11-13H,4-5,7H2,1H3/t11-/m1/s1. The zero-order chi connectivity index (χ0) is 9.97. The summed E-state index contributed by atoms with van der Waals surface area (Å²) in [6.07, 6.45) is 1.00. The minimum Gasteiger partial charge on any atom is -0.497 e. The fraction of sp³-hybridized carbons (Fsp3) is 0.455. The summed E-state index contributed by atoms with van der Waals surface area (Å²) in [5.74, 6) is 0.891. The third-order valence-electron chi connectivity index (χ3n) is 2.69. The fourth-order valence-electron chi connectivity index (χ4n) is 1.92. The van der Waals surface area contributed by atoms with Gasteiger partial charge in [0.25, 0.3) is 0 Å². The number of hydrogen-bond donors (Lipinski definition) is 2. The molecule has 1 heterocycles. The van der Waals surface area contributed by atoms with E-state index in [-0.39, 0.29) is 12.6 Å². The minimum atomic E-state index is 0.0876. The van der Waals surface area contributed by atoms with E-state index in [0.717, 1.165) is 18.7 Å². The first-order valence-electron chi connectivity index (χ1n) is 4.86. The van der Waals surface area contributed by atoms with Crippen LogP contribution >= 0.6 is 0 Å². The molecular weight excluding hydrogens is 178 g/mol. The zero-order valence-corrected chi connectivity index (χ0v) is 8.29. The first-order chi connectivity index (χ1) is 6.85. The maximum absolute atomic E-state index is 9.17. The zero-order valence-electron chi connectivity index (χ0n) is 8.29. The van der Waals surface area contributed by atoms with E-state index in [4.69, 9.17) is 4.74 Å². The first kappa shape index (κ1) is 9.49. The van der Waals surface area contributed by atoms with E-state index in [1.54, 1.807) is 7.11 Å². The summed E-state index contributed by atoms with van der Waals surface area (Å²) in [4.78, 5) is 0. The molecule has 3 heteroatoms. The quantitative estimate of drug-likeness (QED) is 0.732. The Morgan fingerprint density at radius 3 is 3.14 bits per heavy atom. The molecular formula is C11H15NO2. The molecule has 0 bridgehead atoms. The van der Waals surface area contributed by atoms with Crippen LogP contribution in [-0.2, 0) is 6.42 Å². The molecule has 0 fully saturated rings. The molecule has 0 aliphatic carbocycles. The van der Waals surface area contributed by atoms with Crippen molar-refractivity contribution in [2.24, 2.45) is 0 Å². The fourth-order valence-corrected chi connectivity index (χ4v) is 1.92. The van der Waals surface area contributed by atoms with E-state index >= 15 is 0 Å². The topological polar surface area (TPSA) is 41.5 Å². The van der Waals surface area contributed by atoms with Gasteiger partial charge < -0.3 is 15.2 Å². The van der Waals surface area contributed by atoms with Crippen molar-refractivity contribution in [3.8, 4) is 5.75 Å². The van der Waals surface area contributed by atoms with Gasteiger partial charge in [-0.05, 0) is 36.2 Å². The van der Waals surface area contributed by atoms with E-state index in [2.05, 4.69) is 11.4 Å². The van der Waals surface area contributed by atoms with Crippen molar-refractivity contribution in [3.05, 3.63) is 29.3 Å². The molecule has 1 aromatic carbocycles. The number of hydrogen-bond acceptors (Lipinski definition) is 3. The lowest BCUT2D eigenvalue weighted by molar-refractivity contribution is 0.240. The lowest BCUT2D eigenvalue weighted by atomic mass is 9.94. The predicted molar refractivity (Wildman–Crippen MR) is 54.5 cm³/mol. The van der Waals surface area contributed by atoms with Gasteiger partial charge in [-0.3, -0.25) is 0 Å². The van der Waals surface area contributed by atoms with E-state index in [0.29, 0.717) is 0 Å². The third-order valence-corrected chi connectivity index (χ3v) is 2.69. The van der Waals surface area contributed by atoms with Crippen molar-refractivity contribution in [2.75, 3.05) is 20.3 Å². The molecule has 0 spiro atoms. The predicted octanol–water partition coefficient (Wildman–Crippen LogP) is 0.874. The van der Waals surface area contributed by atoms with Crippen LogP contribution in [0.2, 0.25) is 0 Å². The van der Waals surface area contributed by atoms with Crippen LogP contribution in [0, 0.1) is 0 Å². The number of rotatable bonds is 2. The maximum atomic E-state index is 9.17. The number of fused-ring (bicyclic) bond motifs is 1. The number of methoxy groups -OCH3 is 1. The number of aliphatic hydroxyl groups is 1. The van der Waals surface area contributed by atoms with E-state index in [1.165, 1.54) is 11.1 Å². The van der Waals surface area contributed by atoms with Crippen LogP contribution < -0.4 is 10.1 Å². The molecule has 76 valence electrons. The Labute approximate surface area is 83.7 Å². The number of benzene rings is 1. The van der Waals surface area contributed by atoms with E-state index in [1.807, 2.05) is 12.1 Å². The Bertz CT molecular complexity index is 325. The lowest BCUT2D eigenvalue weighted by Crippen LogP contribution is -2.31. The molecule has 0 saturated carbocycles.